The van der Waals surface area contributed by atoms with Gasteiger partial charge in [0.05, 0.1) is 25.0 Å². The maximum Gasteiger partial charge on any atom is 0.341 e. The summed E-state index contributed by atoms with van der Waals surface area (Å²) in [6, 6.07) is 0.359. The minimum absolute atomic E-state index is 0.0138. The molecule has 7 nitrogen and oxygen atoms in total. The van der Waals surface area contributed by atoms with Crippen LogP contribution in [-0.4, -0.2) is 52.8 Å². The number of ether oxygens (including phenoxy) is 1. The van der Waals surface area contributed by atoms with Crippen LogP contribution < -0.4 is 5.32 Å². The Kier molecular flexibility index (Phi) is 4.95. The van der Waals surface area contributed by atoms with E-state index < -0.39 is 0 Å². The standard InChI is InChI=1S/C14H22N4O3/c1-4-21-14(20)11-7-15-18(3)12(11)8-17(2)9-13(19)16-10-5-6-10/h7,10H,4-6,8-9H2,1-3H3,(H,16,19). The minimum Gasteiger partial charge on any atom is -0.462 e. The topological polar surface area (TPSA) is 76.5 Å². The van der Waals surface area contributed by atoms with Crippen LogP contribution in [0.25, 0.3) is 0 Å². The van der Waals surface area contributed by atoms with Gasteiger partial charge in [0.25, 0.3) is 0 Å². The molecule has 1 amide bonds. The second-order valence-electron chi connectivity index (χ2n) is 5.36. The van der Waals surface area contributed by atoms with E-state index in [0.29, 0.717) is 31.3 Å². The van der Waals surface area contributed by atoms with E-state index in [1.807, 2.05) is 11.9 Å². The molecule has 1 heterocycles. The number of aryl methyl sites for hydroxylation is 1. The second-order valence-corrected chi connectivity index (χ2v) is 5.36. The smallest absolute Gasteiger partial charge is 0.341 e. The third kappa shape index (κ3) is 4.29. The van der Waals surface area contributed by atoms with Gasteiger partial charge in [0.15, 0.2) is 0 Å². The molecule has 116 valence electrons. The molecule has 0 aliphatic heterocycles. The van der Waals surface area contributed by atoms with Crippen LogP contribution in [0.5, 0.6) is 0 Å². The fraction of sp³-hybridized carbons (Fsp3) is 0.643. The first-order chi connectivity index (χ1) is 10.0. The number of hydrogen-bond acceptors (Lipinski definition) is 5. The fourth-order valence-electron chi connectivity index (χ4n) is 2.09. The summed E-state index contributed by atoms with van der Waals surface area (Å²) in [7, 11) is 3.62. The molecule has 0 atom stereocenters. The summed E-state index contributed by atoms with van der Waals surface area (Å²) < 4.78 is 6.66. The molecule has 0 bridgehead atoms. The van der Waals surface area contributed by atoms with E-state index in [2.05, 4.69) is 10.4 Å². The van der Waals surface area contributed by atoms with Crippen molar-refractivity contribution in [1.29, 1.82) is 0 Å². The molecule has 7 heteroatoms. The zero-order valence-corrected chi connectivity index (χ0v) is 12.8. The summed E-state index contributed by atoms with van der Waals surface area (Å²) >= 11 is 0. The highest BCUT2D eigenvalue weighted by atomic mass is 16.5. The lowest BCUT2D eigenvalue weighted by Gasteiger charge is -2.17. The summed E-state index contributed by atoms with van der Waals surface area (Å²) in [4.78, 5) is 25.5. The zero-order chi connectivity index (χ0) is 15.4. The highest BCUT2D eigenvalue weighted by Crippen LogP contribution is 2.18. The van der Waals surface area contributed by atoms with Crippen molar-refractivity contribution >= 4 is 11.9 Å². The lowest BCUT2D eigenvalue weighted by atomic mass is 10.2. The van der Waals surface area contributed by atoms with Crippen molar-refractivity contribution in [3.05, 3.63) is 17.5 Å². The summed E-state index contributed by atoms with van der Waals surface area (Å²) in [5, 5.41) is 7.04. The molecule has 0 aromatic carbocycles. The molecule has 1 N–H and O–H groups in total. The van der Waals surface area contributed by atoms with Crippen molar-refractivity contribution in [3.8, 4) is 0 Å². The Morgan fingerprint density at radius 3 is 2.86 bits per heavy atom. The molecule has 0 unspecified atom stereocenters. The third-order valence-corrected chi connectivity index (χ3v) is 3.33. The highest BCUT2D eigenvalue weighted by molar-refractivity contribution is 5.90. The van der Waals surface area contributed by atoms with E-state index >= 15 is 0 Å². The van der Waals surface area contributed by atoms with Gasteiger partial charge < -0.3 is 10.1 Å². The summed E-state index contributed by atoms with van der Waals surface area (Å²) in [6.07, 6.45) is 3.65. The SMILES string of the molecule is CCOC(=O)c1cnn(C)c1CN(C)CC(=O)NC1CC1. The van der Waals surface area contributed by atoms with Crippen molar-refractivity contribution in [2.75, 3.05) is 20.2 Å². The van der Waals surface area contributed by atoms with Gasteiger partial charge in [-0.15, -0.1) is 0 Å². The van der Waals surface area contributed by atoms with Gasteiger partial charge in [0, 0.05) is 19.6 Å². The van der Waals surface area contributed by atoms with Gasteiger partial charge in [-0.25, -0.2) is 4.79 Å². The molecular formula is C14H22N4O3. The van der Waals surface area contributed by atoms with Gasteiger partial charge in [-0.05, 0) is 26.8 Å². The highest BCUT2D eigenvalue weighted by Gasteiger charge is 2.24. The normalized spacial score (nSPS) is 14.3. The lowest BCUT2D eigenvalue weighted by molar-refractivity contribution is -0.122. The van der Waals surface area contributed by atoms with Crippen molar-refractivity contribution in [2.24, 2.45) is 7.05 Å². The van der Waals surface area contributed by atoms with Crippen LogP contribution in [0.3, 0.4) is 0 Å². The van der Waals surface area contributed by atoms with Gasteiger partial charge >= 0.3 is 5.97 Å². The van der Waals surface area contributed by atoms with Crippen LogP contribution in [0.15, 0.2) is 6.20 Å². The van der Waals surface area contributed by atoms with E-state index in [4.69, 9.17) is 4.74 Å². The number of nitrogens with one attached hydrogen (secondary N) is 1. The minimum atomic E-state index is -0.378. The maximum atomic E-state index is 11.9. The Morgan fingerprint density at radius 1 is 1.52 bits per heavy atom. The molecule has 2 rings (SSSR count). The quantitative estimate of drug-likeness (QED) is 0.732. The second kappa shape index (κ2) is 6.71. The van der Waals surface area contributed by atoms with E-state index in [9.17, 15) is 9.59 Å². The monoisotopic (exact) mass is 294 g/mol. The van der Waals surface area contributed by atoms with Crippen LogP contribution in [0.1, 0.15) is 35.8 Å². The Morgan fingerprint density at radius 2 is 2.24 bits per heavy atom. The molecule has 1 aliphatic rings. The number of rotatable bonds is 7. The van der Waals surface area contributed by atoms with Gasteiger partial charge in [-0.2, -0.15) is 5.10 Å². The van der Waals surface area contributed by atoms with Gasteiger partial charge in [0.1, 0.15) is 5.56 Å². The van der Waals surface area contributed by atoms with Crippen molar-refractivity contribution in [3.63, 3.8) is 0 Å². The number of carbonyl (C=O) groups excluding carboxylic acids is 2. The summed E-state index contributed by atoms with van der Waals surface area (Å²) in [5.74, 6) is -0.365. The fourth-order valence-corrected chi connectivity index (χ4v) is 2.09. The van der Waals surface area contributed by atoms with E-state index in [-0.39, 0.29) is 11.9 Å². The van der Waals surface area contributed by atoms with Crippen LogP contribution in [0.2, 0.25) is 0 Å². The number of hydrogen-bond donors (Lipinski definition) is 1. The molecule has 0 spiro atoms. The molecule has 1 fully saturated rings. The van der Waals surface area contributed by atoms with Gasteiger partial charge in [-0.1, -0.05) is 0 Å². The molecule has 1 saturated carbocycles. The third-order valence-electron chi connectivity index (χ3n) is 3.33. The van der Waals surface area contributed by atoms with Crippen molar-refractivity contribution in [2.45, 2.75) is 32.4 Å². The number of nitrogens with zero attached hydrogens (tertiary/aromatic N) is 3. The van der Waals surface area contributed by atoms with Crippen LogP contribution in [0, 0.1) is 0 Å². The first kappa shape index (κ1) is 15.5. The number of likely N-dealkylation sites (N-methyl/N-ethyl adjacent to an activating group) is 1. The van der Waals surface area contributed by atoms with E-state index in [1.165, 1.54) is 6.20 Å². The molecule has 0 radical (unpaired) electrons. The Labute approximate surface area is 124 Å². The van der Waals surface area contributed by atoms with Crippen molar-refractivity contribution < 1.29 is 14.3 Å². The average molecular weight is 294 g/mol. The predicted molar refractivity (Wildman–Crippen MR) is 76.7 cm³/mol. The first-order valence-electron chi connectivity index (χ1n) is 7.17. The summed E-state index contributed by atoms with van der Waals surface area (Å²) in [5.41, 5.74) is 1.20. The Bertz CT molecular complexity index is 522. The van der Waals surface area contributed by atoms with E-state index in [0.717, 1.165) is 18.5 Å². The Balaban J connectivity index is 1.95. The largest absolute Gasteiger partial charge is 0.462 e. The molecule has 1 aromatic rings. The maximum absolute atomic E-state index is 11.9. The number of carbonyl (C=O) groups is 2. The zero-order valence-electron chi connectivity index (χ0n) is 12.8. The lowest BCUT2D eigenvalue weighted by Crippen LogP contribution is -2.36. The summed E-state index contributed by atoms with van der Waals surface area (Å²) in [6.45, 7) is 2.85. The van der Waals surface area contributed by atoms with Crippen LogP contribution in [0.4, 0.5) is 0 Å². The van der Waals surface area contributed by atoms with Crippen LogP contribution >= 0.6 is 0 Å². The molecular weight excluding hydrogens is 272 g/mol. The number of esters is 1. The van der Waals surface area contributed by atoms with Crippen molar-refractivity contribution in [1.82, 2.24) is 20.0 Å². The first-order valence-corrected chi connectivity index (χ1v) is 7.17. The molecule has 1 aliphatic carbocycles. The van der Waals surface area contributed by atoms with Gasteiger partial charge in [0.2, 0.25) is 5.91 Å². The number of amides is 1. The van der Waals surface area contributed by atoms with Gasteiger partial charge in [-0.3, -0.25) is 14.4 Å². The number of aromatic nitrogens is 2. The molecule has 0 saturated heterocycles. The average Bonchev–Trinajstić information content (AvgIpc) is 3.14. The molecule has 1 aromatic heterocycles. The molecule has 21 heavy (non-hydrogen) atoms. The van der Waals surface area contributed by atoms with E-state index in [1.54, 1.807) is 18.7 Å². The van der Waals surface area contributed by atoms with Crippen LogP contribution in [-0.2, 0) is 23.1 Å². The predicted octanol–water partition coefficient (Wildman–Crippen LogP) is 0.307. The Hall–Kier alpha value is -1.89.